The van der Waals surface area contributed by atoms with Crippen LogP contribution in [0.15, 0.2) is 72.8 Å². The fraction of sp³-hybridized carbons (Fsp3) is 0.0500. The highest BCUT2D eigenvalue weighted by Gasteiger charge is 2.36. The highest BCUT2D eigenvalue weighted by atomic mass is 19.4. The van der Waals surface area contributed by atoms with Crippen molar-refractivity contribution in [2.24, 2.45) is 0 Å². The maximum absolute atomic E-state index is 14.1. The molecule has 0 fully saturated rings. The summed E-state index contributed by atoms with van der Waals surface area (Å²) >= 11 is 0. The van der Waals surface area contributed by atoms with Crippen LogP contribution in [0.4, 0.5) is 17.6 Å². The van der Waals surface area contributed by atoms with Gasteiger partial charge in [-0.3, -0.25) is 0 Å². The van der Waals surface area contributed by atoms with E-state index in [1.807, 2.05) is 6.07 Å². The van der Waals surface area contributed by atoms with E-state index in [9.17, 15) is 22.4 Å². The Balaban J connectivity index is 1.96. The van der Waals surface area contributed by atoms with E-state index in [1.54, 1.807) is 42.5 Å². The average Bonchev–Trinajstić information content (AvgIpc) is 2.62. The molecule has 3 aromatic carbocycles. The summed E-state index contributed by atoms with van der Waals surface area (Å²) in [4.78, 5) is 12.3. The number of carbonyl (C=O) groups excluding carboxylic acids is 1. The van der Waals surface area contributed by atoms with Crippen LogP contribution in [0.1, 0.15) is 15.9 Å². The van der Waals surface area contributed by atoms with Crippen molar-refractivity contribution in [3.63, 3.8) is 0 Å². The smallest absolute Gasteiger partial charge is 0.419 e. The molecule has 0 heterocycles. The molecule has 0 amide bonds. The molecular formula is C20H12F4O2. The Morgan fingerprint density at radius 3 is 2.15 bits per heavy atom. The summed E-state index contributed by atoms with van der Waals surface area (Å²) in [6.07, 6.45) is -4.90. The molecule has 2 nitrogen and oxygen atoms in total. The number of hydrogen-bond donors (Lipinski definition) is 0. The molecule has 132 valence electrons. The molecule has 6 heteroatoms. The first-order chi connectivity index (χ1) is 12.4. The number of para-hydroxylation sites is 1. The topological polar surface area (TPSA) is 26.3 Å². The molecular weight excluding hydrogens is 348 g/mol. The van der Waals surface area contributed by atoms with Gasteiger partial charge in [-0.05, 0) is 23.8 Å². The fourth-order valence-electron chi connectivity index (χ4n) is 2.48. The Bertz CT molecular complexity index is 934. The van der Waals surface area contributed by atoms with E-state index < -0.39 is 29.1 Å². The minimum Gasteiger partial charge on any atom is -0.422 e. The van der Waals surface area contributed by atoms with Crippen molar-refractivity contribution in [3.05, 3.63) is 89.7 Å². The molecule has 0 atom stereocenters. The lowest BCUT2D eigenvalue weighted by atomic mass is 10.0. The van der Waals surface area contributed by atoms with Crippen LogP contribution >= 0.6 is 0 Å². The van der Waals surface area contributed by atoms with E-state index in [2.05, 4.69) is 0 Å². The van der Waals surface area contributed by atoms with Crippen LogP contribution < -0.4 is 4.74 Å². The quantitative estimate of drug-likeness (QED) is 0.339. The van der Waals surface area contributed by atoms with Gasteiger partial charge in [-0.15, -0.1) is 0 Å². The third-order valence-electron chi connectivity index (χ3n) is 3.70. The lowest BCUT2D eigenvalue weighted by Gasteiger charge is -2.13. The van der Waals surface area contributed by atoms with E-state index in [1.165, 1.54) is 6.07 Å². The minimum absolute atomic E-state index is 0.125. The number of ether oxygens (including phenoxy) is 1. The zero-order valence-corrected chi connectivity index (χ0v) is 13.3. The molecule has 0 aromatic heterocycles. The zero-order chi connectivity index (χ0) is 18.7. The van der Waals surface area contributed by atoms with Crippen LogP contribution in [0.25, 0.3) is 11.1 Å². The maximum atomic E-state index is 14.1. The van der Waals surface area contributed by atoms with Gasteiger partial charge in [0.1, 0.15) is 11.6 Å². The van der Waals surface area contributed by atoms with Crippen LogP contribution in [0.5, 0.6) is 5.75 Å². The standard InChI is InChI=1S/C20H12F4O2/c21-18-15(10-6-11-16(18)20(22,23)24)19(25)26-17-12-5-4-9-14(17)13-7-2-1-3-8-13/h1-12H. The number of benzene rings is 3. The number of rotatable bonds is 3. The van der Waals surface area contributed by atoms with Gasteiger partial charge in [-0.1, -0.05) is 54.6 Å². The van der Waals surface area contributed by atoms with Crippen LogP contribution in [-0.4, -0.2) is 5.97 Å². The van der Waals surface area contributed by atoms with Crippen molar-refractivity contribution in [2.45, 2.75) is 6.18 Å². The molecule has 0 aliphatic rings. The fourth-order valence-corrected chi connectivity index (χ4v) is 2.48. The number of alkyl halides is 3. The van der Waals surface area contributed by atoms with E-state index in [4.69, 9.17) is 4.74 Å². The molecule has 0 N–H and O–H groups in total. The van der Waals surface area contributed by atoms with E-state index in [-0.39, 0.29) is 5.75 Å². The summed E-state index contributed by atoms with van der Waals surface area (Å²) < 4.78 is 57.7. The van der Waals surface area contributed by atoms with Crippen molar-refractivity contribution in [1.29, 1.82) is 0 Å². The summed E-state index contributed by atoms with van der Waals surface area (Å²) in [6.45, 7) is 0. The Kier molecular flexibility index (Phi) is 4.75. The number of carbonyl (C=O) groups is 1. The molecule has 3 aromatic rings. The van der Waals surface area contributed by atoms with Gasteiger partial charge in [0.15, 0.2) is 0 Å². The van der Waals surface area contributed by atoms with Crippen molar-refractivity contribution in [1.82, 2.24) is 0 Å². The van der Waals surface area contributed by atoms with Crippen LogP contribution in [0.3, 0.4) is 0 Å². The van der Waals surface area contributed by atoms with E-state index in [0.29, 0.717) is 11.6 Å². The molecule has 0 radical (unpaired) electrons. The predicted molar refractivity (Wildman–Crippen MR) is 88.2 cm³/mol. The summed E-state index contributed by atoms with van der Waals surface area (Å²) in [5, 5.41) is 0. The van der Waals surface area contributed by atoms with Crippen molar-refractivity contribution < 1.29 is 27.1 Å². The lowest BCUT2D eigenvalue weighted by Crippen LogP contribution is -2.16. The van der Waals surface area contributed by atoms with Crippen LogP contribution in [0, 0.1) is 5.82 Å². The highest BCUT2D eigenvalue weighted by Crippen LogP contribution is 2.34. The van der Waals surface area contributed by atoms with Gasteiger partial charge in [0.2, 0.25) is 0 Å². The third kappa shape index (κ3) is 3.59. The third-order valence-corrected chi connectivity index (χ3v) is 3.70. The molecule has 0 saturated heterocycles. The summed E-state index contributed by atoms with van der Waals surface area (Å²) in [7, 11) is 0. The van der Waals surface area contributed by atoms with Gasteiger partial charge < -0.3 is 4.74 Å². The molecule has 0 saturated carbocycles. The van der Waals surface area contributed by atoms with Gasteiger partial charge in [0, 0.05) is 5.56 Å². The molecule has 26 heavy (non-hydrogen) atoms. The van der Waals surface area contributed by atoms with Gasteiger partial charge in [-0.2, -0.15) is 13.2 Å². The minimum atomic E-state index is -4.90. The molecule has 0 aliphatic carbocycles. The zero-order valence-electron chi connectivity index (χ0n) is 13.3. The van der Waals surface area contributed by atoms with E-state index >= 15 is 0 Å². The van der Waals surface area contributed by atoms with Gasteiger partial charge >= 0.3 is 12.1 Å². The monoisotopic (exact) mass is 360 g/mol. The largest absolute Gasteiger partial charge is 0.422 e. The van der Waals surface area contributed by atoms with Gasteiger partial charge in [0.25, 0.3) is 0 Å². The second-order valence-corrected chi connectivity index (χ2v) is 5.42. The van der Waals surface area contributed by atoms with Crippen molar-refractivity contribution >= 4 is 5.97 Å². The van der Waals surface area contributed by atoms with Crippen molar-refractivity contribution in [2.75, 3.05) is 0 Å². The normalized spacial score (nSPS) is 11.2. The first kappa shape index (κ1) is 17.7. The predicted octanol–water partition coefficient (Wildman–Crippen LogP) is 5.73. The van der Waals surface area contributed by atoms with Crippen LogP contribution in [0.2, 0.25) is 0 Å². The first-order valence-electron chi connectivity index (χ1n) is 7.60. The molecule has 0 unspecified atom stereocenters. The van der Waals surface area contributed by atoms with Crippen molar-refractivity contribution in [3.8, 4) is 16.9 Å². The SMILES string of the molecule is O=C(Oc1ccccc1-c1ccccc1)c1cccc(C(F)(F)F)c1F. The highest BCUT2D eigenvalue weighted by molar-refractivity contribution is 5.92. The molecule has 0 bridgehead atoms. The number of halogens is 4. The molecule has 0 spiro atoms. The summed E-state index contributed by atoms with van der Waals surface area (Å²) in [5.41, 5.74) is -0.972. The number of hydrogen-bond acceptors (Lipinski definition) is 2. The Morgan fingerprint density at radius 1 is 0.808 bits per heavy atom. The average molecular weight is 360 g/mol. The summed E-state index contributed by atoms with van der Waals surface area (Å²) in [5.74, 6) is -2.72. The first-order valence-corrected chi connectivity index (χ1v) is 7.60. The Morgan fingerprint density at radius 2 is 1.46 bits per heavy atom. The molecule has 0 aliphatic heterocycles. The van der Waals surface area contributed by atoms with Crippen LogP contribution in [-0.2, 0) is 6.18 Å². The lowest BCUT2D eigenvalue weighted by molar-refractivity contribution is -0.140. The Labute approximate surface area is 146 Å². The maximum Gasteiger partial charge on any atom is 0.419 e. The van der Waals surface area contributed by atoms with Gasteiger partial charge in [0.05, 0.1) is 11.1 Å². The Hall–Kier alpha value is -3.15. The number of esters is 1. The van der Waals surface area contributed by atoms with Gasteiger partial charge in [-0.25, -0.2) is 9.18 Å². The molecule has 3 rings (SSSR count). The second kappa shape index (κ2) is 7.00. The van der Waals surface area contributed by atoms with E-state index in [0.717, 1.165) is 17.7 Å². The summed E-state index contributed by atoms with van der Waals surface area (Å²) in [6, 6.07) is 18.0. The second-order valence-electron chi connectivity index (χ2n) is 5.42.